The Morgan fingerprint density at radius 1 is 1.44 bits per heavy atom. The first-order chi connectivity index (χ1) is 11.7. The third kappa shape index (κ3) is 1.88. The zero-order valence-corrected chi connectivity index (χ0v) is 15.8. The fourth-order valence-electron chi connectivity index (χ4n) is 5.22. The van der Waals surface area contributed by atoms with Crippen molar-refractivity contribution < 1.29 is 23.8 Å². The first kappa shape index (κ1) is 17.1. The second-order valence-electron chi connectivity index (χ2n) is 8.73. The number of rotatable bonds is 3. The minimum absolute atomic E-state index is 0.186. The highest BCUT2D eigenvalue weighted by atomic mass is 16.8. The fraction of sp³-hybridized carbons (Fsp3) is 0.800. The second-order valence-corrected chi connectivity index (χ2v) is 8.73. The van der Waals surface area contributed by atoms with Crippen molar-refractivity contribution in [2.24, 2.45) is 22.7 Å². The van der Waals surface area contributed by atoms with Gasteiger partial charge in [0.1, 0.15) is 11.5 Å². The molecule has 2 aliphatic carbocycles. The van der Waals surface area contributed by atoms with Crippen LogP contribution in [-0.2, 0) is 23.8 Å². The maximum atomic E-state index is 12.9. The Hall–Kier alpha value is -1.36. The number of esters is 2. The molecule has 0 radical (unpaired) electrons. The van der Waals surface area contributed by atoms with Crippen LogP contribution in [0.3, 0.4) is 0 Å². The van der Waals surface area contributed by atoms with E-state index in [0.29, 0.717) is 18.8 Å². The van der Waals surface area contributed by atoms with E-state index in [4.69, 9.17) is 14.2 Å². The van der Waals surface area contributed by atoms with Gasteiger partial charge in [0, 0.05) is 5.41 Å². The lowest BCUT2D eigenvalue weighted by molar-refractivity contribution is -0.186. The average Bonchev–Trinajstić information content (AvgIpc) is 3.08. The Labute approximate surface area is 149 Å². The van der Waals surface area contributed by atoms with Gasteiger partial charge in [-0.3, -0.25) is 9.59 Å². The van der Waals surface area contributed by atoms with Crippen LogP contribution in [0.1, 0.15) is 60.3 Å². The molecule has 2 saturated heterocycles. The fourth-order valence-corrected chi connectivity index (χ4v) is 5.22. The summed E-state index contributed by atoms with van der Waals surface area (Å²) in [6.07, 6.45) is 4.53. The van der Waals surface area contributed by atoms with Crippen molar-refractivity contribution >= 4 is 11.9 Å². The molecule has 0 N–H and O–H groups in total. The van der Waals surface area contributed by atoms with Gasteiger partial charge in [-0.2, -0.15) is 0 Å². The highest BCUT2D eigenvalue weighted by Crippen LogP contribution is 2.71. The van der Waals surface area contributed by atoms with Crippen LogP contribution in [0.15, 0.2) is 11.6 Å². The van der Waals surface area contributed by atoms with Crippen LogP contribution in [0.4, 0.5) is 0 Å². The molecule has 0 bridgehead atoms. The smallest absolute Gasteiger partial charge is 0.321 e. The molecule has 25 heavy (non-hydrogen) atoms. The van der Waals surface area contributed by atoms with Crippen molar-refractivity contribution in [1.29, 1.82) is 0 Å². The molecule has 0 aromatic heterocycles. The minimum Gasteiger partial charge on any atom is -0.460 e. The highest BCUT2D eigenvalue weighted by Gasteiger charge is 2.85. The number of carbonyl (C=O) groups excluding carboxylic acids is 2. The molecule has 1 unspecified atom stereocenters. The van der Waals surface area contributed by atoms with Gasteiger partial charge in [-0.25, -0.2) is 0 Å². The van der Waals surface area contributed by atoms with Crippen molar-refractivity contribution in [1.82, 2.24) is 0 Å². The quantitative estimate of drug-likeness (QED) is 0.444. The van der Waals surface area contributed by atoms with E-state index in [9.17, 15) is 9.59 Å². The van der Waals surface area contributed by atoms with E-state index in [0.717, 1.165) is 12.8 Å². The third-order valence-electron chi connectivity index (χ3n) is 7.62. The summed E-state index contributed by atoms with van der Waals surface area (Å²) in [6, 6.07) is 0. The summed E-state index contributed by atoms with van der Waals surface area (Å²) in [7, 11) is 0. The van der Waals surface area contributed by atoms with Crippen molar-refractivity contribution in [2.45, 2.75) is 78.3 Å². The molecule has 1 saturated carbocycles. The standard InChI is InChI=1S/C20H28O5/c1-6-11(2)14(21)23-15-18(4)12(3)8-7-9-13(18)10-20(15)16(22)24-17-19(20,5)25-17/h9,11-12,15,17H,6-8,10H2,1-5H3/t11?,12-,15-,17+,18+,19-,20+/m0/s1. The first-order valence-electron chi connectivity index (χ1n) is 9.50. The first-order valence-corrected chi connectivity index (χ1v) is 9.50. The number of carbonyl (C=O) groups is 2. The predicted octanol–water partition coefficient (Wildman–Crippen LogP) is 3.37. The molecule has 5 heteroatoms. The largest absolute Gasteiger partial charge is 0.460 e. The van der Waals surface area contributed by atoms with Crippen molar-refractivity contribution in [3.63, 3.8) is 0 Å². The van der Waals surface area contributed by atoms with Crippen molar-refractivity contribution in [3.8, 4) is 0 Å². The van der Waals surface area contributed by atoms with Gasteiger partial charge in [0.25, 0.3) is 0 Å². The number of hydrogen-bond donors (Lipinski definition) is 0. The van der Waals surface area contributed by atoms with E-state index in [2.05, 4.69) is 19.9 Å². The van der Waals surface area contributed by atoms with Crippen molar-refractivity contribution in [3.05, 3.63) is 11.6 Å². The molecule has 0 amide bonds. The van der Waals surface area contributed by atoms with Gasteiger partial charge in [-0.15, -0.1) is 0 Å². The molecule has 1 spiro atoms. The highest BCUT2D eigenvalue weighted by molar-refractivity contribution is 5.86. The zero-order valence-electron chi connectivity index (χ0n) is 15.8. The van der Waals surface area contributed by atoms with Crippen LogP contribution in [0.5, 0.6) is 0 Å². The van der Waals surface area contributed by atoms with E-state index >= 15 is 0 Å². The molecule has 0 aromatic carbocycles. The molecule has 0 aromatic rings. The van der Waals surface area contributed by atoms with E-state index in [1.807, 2.05) is 20.8 Å². The number of epoxide rings is 1. The molecular weight excluding hydrogens is 320 g/mol. The van der Waals surface area contributed by atoms with Crippen molar-refractivity contribution in [2.75, 3.05) is 0 Å². The monoisotopic (exact) mass is 348 g/mol. The Balaban J connectivity index is 1.82. The SMILES string of the molecule is CCC(C)C(=O)O[C@H]1[C@@]2(C)C(=CCC[C@@H]2C)C[C@]12C(=O)O[C@@H]1O[C@@]12C. The van der Waals surface area contributed by atoms with Crippen LogP contribution in [0.25, 0.3) is 0 Å². The molecular formula is C20H28O5. The van der Waals surface area contributed by atoms with Gasteiger partial charge in [0.15, 0.2) is 5.60 Å². The molecule has 2 heterocycles. The molecule has 5 nitrogen and oxygen atoms in total. The van der Waals surface area contributed by atoms with E-state index in [1.165, 1.54) is 5.57 Å². The minimum atomic E-state index is -0.917. The van der Waals surface area contributed by atoms with Crippen LogP contribution in [-0.4, -0.2) is 29.9 Å². The molecule has 7 atom stereocenters. The molecule has 2 aliphatic heterocycles. The van der Waals surface area contributed by atoms with Gasteiger partial charge < -0.3 is 14.2 Å². The average molecular weight is 348 g/mol. The number of allylic oxidation sites excluding steroid dienone is 1. The topological polar surface area (TPSA) is 65.1 Å². The van der Waals surface area contributed by atoms with Gasteiger partial charge in [0.2, 0.25) is 6.29 Å². The second kappa shape index (κ2) is 5.09. The summed E-state index contributed by atoms with van der Waals surface area (Å²) in [5.74, 6) is -0.353. The normalized spacial score (nSPS) is 48.4. The van der Waals surface area contributed by atoms with Crippen LogP contribution in [0, 0.1) is 22.7 Å². The number of fused-ring (bicyclic) bond motifs is 3. The summed E-state index contributed by atoms with van der Waals surface area (Å²) in [5.41, 5.74) is -0.724. The zero-order chi connectivity index (χ0) is 18.2. The predicted molar refractivity (Wildman–Crippen MR) is 90.3 cm³/mol. The van der Waals surface area contributed by atoms with Gasteiger partial charge >= 0.3 is 11.9 Å². The molecule has 4 aliphatic rings. The number of hydrogen-bond acceptors (Lipinski definition) is 5. The van der Waals surface area contributed by atoms with Gasteiger partial charge in [-0.1, -0.05) is 39.3 Å². The molecule has 138 valence electrons. The van der Waals surface area contributed by atoms with Crippen LogP contribution in [0.2, 0.25) is 0 Å². The summed E-state index contributed by atoms with van der Waals surface area (Å²) >= 11 is 0. The lowest BCUT2D eigenvalue weighted by Gasteiger charge is -2.44. The summed E-state index contributed by atoms with van der Waals surface area (Å²) in [4.78, 5) is 25.6. The summed E-state index contributed by atoms with van der Waals surface area (Å²) in [5, 5.41) is 0. The maximum absolute atomic E-state index is 12.9. The third-order valence-corrected chi connectivity index (χ3v) is 7.62. The van der Waals surface area contributed by atoms with E-state index < -0.39 is 23.4 Å². The lowest BCUT2D eigenvalue weighted by atomic mass is 9.64. The molecule has 4 rings (SSSR count). The number of ether oxygens (including phenoxy) is 3. The van der Waals surface area contributed by atoms with E-state index in [1.54, 1.807) is 0 Å². The molecule has 3 fully saturated rings. The summed E-state index contributed by atoms with van der Waals surface area (Å²) in [6.45, 7) is 10.1. The Morgan fingerprint density at radius 2 is 2.16 bits per heavy atom. The Kier molecular flexibility index (Phi) is 3.48. The maximum Gasteiger partial charge on any atom is 0.321 e. The van der Waals surface area contributed by atoms with Gasteiger partial charge in [-0.05, 0) is 38.5 Å². The Morgan fingerprint density at radius 3 is 2.76 bits per heavy atom. The Bertz CT molecular complexity index is 669. The van der Waals surface area contributed by atoms with Crippen LogP contribution < -0.4 is 0 Å². The lowest BCUT2D eigenvalue weighted by Crippen LogP contribution is -2.54. The van der Waals surface area contributed by atoms with E-state index in [-0.39, 0.29) is 23.3 Å². The summed E-state index contributed by atoms with van der Waals surface area (Å²) < 4.78 is 17.4. The van der Waals surface area contributed by atoms with Gasteiger partial charge in [0.05, 0.1) is 5.92 Å². The van der Waals surface area contributed by atoms with Crippen LogP contribution >= 0.6 is 0 Å².